The van der Waals surface area contributed by atoms with Crippen molar-refractivity contribution >= 4 is 0 Å². The Kier molecular flexibility index (Phi) is 3.37. The Morgan fingerprint density at radius 3 is 3.06 bits per heavy atom. The third-order valence-corrected chi connectivity index (χ3v) is 4.36. The summed E-state index contributed by atoms with van der Waals surface area (Å²) in [7, 11) is 2.20. The highest BCUT2D eigenvalue weighted by Gasteiger charge is 2.30. The maximum atomic E-state index is 5.80. The molecule has 0 aliphatic carbocycles. The van der Waals surface area contributed by atoms with Gasteiger partial charge in [-0.2, -0.15) is 0 Å². The highest BCUT2D eigenvalue weighted by molar-refractivity contribution is 5.34. The van der Waals surface area contributed by atoms with E-state index in [0.717, 1.165) is 32.7 Å². The lowest BCUT2D eigenvalue weighted by molar-refractivity contribution is 0.110. The lowest BCUT2D eigenvalue weighted by atomic mass is 9.94. The average Bonchev–Trinajstić information content (AvgIpc) is 2.79. The van der Waals surface area contributed by atoms with Crippen molar-refractivity contribution in [2.45, 2.75) is 25.5 Å². The predicted octanol–water partition coefficient (Wildman–Crippen LogP) is 1.71. The van der Waals surface area contributed by atoms with Crippen molar-refractivity contribution in [2.75, 3.05) is 26.7 Å². The summed E-state index contributed by atoms with van der Waals surface area (Å²) >= 11 is 0. The van der Waals surface area contributed by atoms with Crippen molar-refractivity contribution in [1.82, 2.24) is 4.90 Å². The number of fused-ring (bicyclic) bond motifs is 1. The van der Waals surface area contributed by atoms with Crippen LogP contribution in [0.4, 0.5) is 0 Å². The number of hydrogen-bond donors (Lipinski definition) is 1. The van der Waals surface area contributed by atoms with Gasteiger partial charge in [0.25, 0.3) is 0 Å². The van der Waals surface area contributed by atoms with E-state index in [-0.39, 0.29) is 0 Å². The van der Waals surface area contributed by atoms with Crippen LogP contribution >= 0.6 is 0 Å². The van der Waals surface area contributed by atoms with Gasteiger partial charge in [-0.15, -0.1) is 0 Å². The number of nitrogens with zero attached hydrogens (tertiary/aromatic N) is 1. The summed E-state index contributed by atoms with van der Waals surface area (Å²) in [5, 5.41) is 0. The summed E-state index contributed by atoms with van der Waals surface area (Å²) in [4.78, 5) is 2.43. The molecule has 2 unspecified atom stereocenters. The van der Waals surface area contributed by atoms with Gasteiger partial charge in [0.1, 0.15) is 0 Å². The van der Waals surface area contributed by atoms with Crippen LogP contribution in [0.1, 0.15) is 29.2 Å². The minimum atomic E-state index is 0.533. The number of benzene rings is 1. The van der Waals surface area contributed by atoms with Crippen molar-refractivity contribution in [3.8, 4) is 0 Å². The van der Waals surface area contributed by atoms with Gasteiger partial charge in [-0.1, -0.05) is 18.2 Å². The van der Waals surface area contributed by atoms with Gasteiger partial charge in [0.15, 0.2) is 0 Å². The third-order valence-electron chi connectivity index (χ3n) is 4.36. The Balaban J connectivity index is 1.84. The quantitative estimate of drug-likeness (QED) is 0.863. The van der Waals surface area contributed by atoms with Crippen LogP contribution in [0.2, 0.25) is 0 Å². The first-order valence-corrected chi connectivity index (χ1v) is 6.87. The van der Waals surface area contributed by atoms with Gasteiger partial charge in [-0.05, 0) is 49.0 Å². The summed E-state index contributed by atoms with van der Waals surface area (Å²) in [6.07, 6.45) is 2.24. The van der Waals surface area contributed by atoms with Crippen molar-refractivity contribution in [1.29, 1.82) is 0 Å². The monoisotopic (exact) mass is 246 g/mol. The van der Waals surface area contributed by atoms with E-state index in [0.29, 0.717) is 12.0 Å². The smallest absolute Gasteiger partial charge is 0.0719 e. The van der Waals surface area contributed by atoms with Crippen LogP contribution in [-0.4, -0.2) is 31.6 Å². The van der Waals surface area contributed by atoms with Gasteiger partial charge < -0.3 is 10.5 Å². The molecule has 1 fully saturated rings. The minimum Gasteiger partial charge on any atom is -0.376 e. The third kappa shape index (κ3) is 2.18. The second-order valence-corrected chi connectivity index (χ2v) is 5.62. The molecule has 2 aliphatic heterocycles. The maximum absolute atomic E-state index is 5.80. The second-order valence-electron chi connectivity index (χ2n) is 5.62. The van der Waals surface area contributed by atoms with Crippen molar-refractivity contribution in [3.05, 3.63) is 34.9 Å². The minimum absolute atomic E-state index is 0.533. The molecule has 1 aromatic carbocycles. The molecule has 0 amide bonds. The van der Waals surface area contributed by atoms with Crippen molar-refractivity contribution < 1.29 is 4.74 Å². The lowest BCUT2D eigenvalue weighted by Crippen LogP contribution is -2.21. The van der Waals surface area contributed by atoms with Gasteiger partial charge in [0.05, 0.1) is 13.2 Å². The van der Waals surface area contributed by atoms with Gasteiger partial charge >= 0.3 is 0 Å². The van der Waals surface area contributed by atoms with Gasteiger partial charge in [-0.25, -0.2) is 0 Å². The van der Waals surface area contributed by atoms with E-state index in [1.54, 1.807) is 0 Å². The number of likely N-dealkylation sites (tertiary alicyclic amines) is 1. The first-order chi connectivity index (χ1) is 8.78. The number of hydrogen-bond acceptors (Lipinski definition) is 3. The number of nitrogens with two attached hydrogens (primary N) is 1. The molecule has 18 heavy (non-hydrogen) atoms. The zero-order chi connectivity index (χ0) is 12.5. The van der Waals surface area contributed by atoms with Crippen LogP contribution < -0.4 is 5.73 Å². The van der Waals surface area contributed by atoms with Gasteiger partial charge in [-0.3, -0.25) is 4.90 Å². The molecule has 1 saturated heterocycles. The first-order valence-electron chi connectivity index (χ1n) is 6.87. The molecule has 3 nitrogen and oxygen atoms in total. The molecule has 0 saturated carbocycles. The first kappa shape index (κ1) is 12.2. The molecular weight excluding hydrogens is 224 g/mol. The van der Waals surface area contributed by atoms with Crippen LogP contribution in [-0.2, 0) is 17.8 Å². The Bertz CT molecular complexity index is 433. The van der Waals surface area contributed by atoms with E-state index in [4.69, 9.17) is 10.5 Å². The normalized spacial score (nSPS) is 28.3. The Morgan fingerprint density at radius 1 is 1.39 bits per heavy atom. The topological polar surface area (TPSA) is 38.5 Å². The molecule has 0 spiro atoms. The SMILES string of the molecule is CN1CC(CN)CC1c1ccc2c(c1)COCC2. The standard InChI is InChI=1S/C15H22N2O/c1-17-9-11(8-16)6-15(17)13-3-2-12-4-5-18-10-14(12)7-13/h2-3,7,11,15H,4-6,8-10,16H2,1H3. The van der Waals surface area contributed by atoms with E-state index in [1.165, 1.54) is 23.1 Å². The predicted molar refractivity (Wildman–Crippen MR) is 72.3 cm³/mol. The molecule has 2 heterocycles. The zero-order valence-electron chi connectivity index (χ0n) is 11.1. The molecule has 2 N–H and O–H groups in total. The van der Waals surface area contributed by atoms with Crippen LogP contribution in [0, 0.1) is 5.92 Å². The fourth-order valence-electron chi connectivity index (χ4n) is 3.26. The molecule has 98 valence electrons. The van der Waals surface area contributed by atoms with Crippen molar-refractivity contribution in [3.63, 3.8) is 0 Å². The maximum Gasteiger partial charge on any atom is 0.0719 e. The van der Waals surface area contributed by atoms with E-state index < -0.39 is 0 Å². The van der Waals surface area contributed by atoms with Crippen LogP contribution in [0.15, 0.2) is 18.2 Å². The molecule has 0 aromatic heterocycles. The molecule has 0 radical (unpaired) electrons. The lowest BCUT2D eigenvalue weighted by Gasteiger charge is -2.23. The van der Waals surface area contributed by atoms with Gasteiger partial charge in [0, 0.05) is 12.6 Å². The average molecular weight is 246 g/mol. The molecular formula is C15H22N2O. The summed E-state index contributed by atoms with van der Waals surface area (Å²) in [5.74, 6) is 0.646. The van der Waals surface area contributed by atoms with E-state index in [2.05, 4.69) is 30.1 Å². The Labute approximate surface area is 109 Å². The number of ether oxygens (including phenoxy) is 1. The van der Waals surface area contributed by atoms with E-state index in [9.17, 15) is 0 Å². The summed E-state index contributed by atoms with van der Waals surface area (Å²) in [6, 6.07) is 7.46. The van der Waals surface area contributed by atoms with Crippen LogP contribution in [0.25, 0.3) is 0 Å². The highest BCUT2D eigenvalue weighted by atomic mass is 16.5. The second kappa shape index (κ2) is 5.00. The summed E-state index contributed by atoms with van der Waals surface area (Å²) in [6.45, 7) is 3.56. The summed E-state index contributed by atoms with van der Waals surface area (Å²) < 4.78 is 5.55. The molecule has 3 heteroatoms. The molecule has 3 rings (SSSR count). The zero-order valence-corrected chi connectivity index (χ0v) is 11.1. The Hall–Kier alpha value is -0.900. The largest absolute Gasteiger partial charge is 0.376 e. The fraction of sp³-hybridized carbons (Fsp3) is 0.600. The van der Waals surface area contributed by atoms with Crippen LogP contribution in [0.5, 0.6) is 0 Å². The Morgan fingerprint density at radius 2 is 2.28 bits per heavy atom. The summed E-state index contributed by atoms with van der Waals surface area (Å²) in [5.41, 5.74) is 10.1. The van der Waals surface area contributed by atoms with Gasteiger partial charge in [0.2, 0.25) is 0 Å². The molecule has 2 atom stereocenters. The van der Waals surface area contributed by atoms with Crippen molar-refractivity contribution in [2.24, 2.45) is 11.7 Å². The number of rotatable bonds is 2. The fourth-order valence-corrected chi connectivity index (χ4v) is 3.26. The molecule has 1 aromatic rings. The van der Waals surface area contributed by atoms with Crippen LogP contribution in [0.3, 0.4) is 0 Å². The van der Waals surface area contributed by atoms with E-state index in [1.807, 2.05) is 0 Å². The highest BCUT2D eigenvalue weighted by Crippen LogP contribution is 2.34. The molecule has 0 bridgehead atoms. The molecule has 2 aliphatic rings. The van der Waals surface area contributed by atoms with E-state index >= 15 is 0 Å².